The monoisotopic (exact) mass is 563 g/mol. The van der Waals surface area contributed by atoms with E-state index in [1.165, 1.54) is 16.3 Å². The van der Waals surface area contributed by atoms with Crippen LogP contribution >= 0.6 is 0 Å². The van der Waals surface area contributed by atoms with Crippen molar-refractivity contribution in [2.75, 3.05) is 5.32 Å². The van der Waals surface area contributed by atoms with Gasteiger partial charge in [-0.2, -0.15) is 0 Å². The van der Waals surface area contributed by atoms with Gasteiger partial charge in [-0.15, -0.1) is 0 Å². The Hall–Kier alpha value is -2.17. The number of rotatable bonds is 7. The highest BCUT2D eigenvalue weighted by molar-refractivity contribution is 7.92. The van der Waals surface area contributed by atoms with E-state index in [4.69, 9.17) is 9.20 Å². The molecule has 2 unspecified atom stereocenters. The van der Waals surface area contributed by atoms with Crippen molar-refractivity contribution in [3.63, 3.8) is 0 Å². The molecular formula is C28H42FN3O4SSi. The largest absolute Gasteiger partial charge is 0.452 e. The molecule has 2 aliphatic carbocycles. The Kier molecular flexibility index (Phi) is 7.19. The molecule has 3 N–H and O–H groups in total. The molecule has 0 spiro atoms. The number of nitrogens with one attached hydrogen (secondary N) is 2. The van der Waals surface area contributed by atoms with Gasteiger partial charge in [0.05, 0.1) is 11.9 Å². The van der Waals surface area contributed by atoms with Gasteiger partial charge in [0, 0.05) is 17.3 Å². The van der Waals surface area contributed by atoms with Crippen molar-refractivity contribution in [1.82, 2.24) is 3.97 Å². The van der Waals surface area contributed by atoms with E-state index in [0.29, 0.717) is 35.6 Å². The zero-order chi connectivity index (χ0) is 28.4. The third-order valence-corrected chi connectivity index (χ3v) is 17.2. The molecule has 1 saturated carbocycles. The molecule has 1 heterocycles. The van der Waals surface area contributed by atoms with Crippen molar-refractivity contribution in [2.24, 2.45) is 5.92 Å². The van der Waals surface area contributed by atoms with Gasteiger partial charge in [0.2, 0.25) is 5.09 Å². The lowest BCUT2D eigenvalue weighted by molar-refractivity contribution is 0.0779. The number of hydrogen-bond donors (Lipinski definition) is 3. The average molecular weight is 564 g/mol. The van der Waals surface area contributed by atoms with E-state index in [-0.39, 0.29) is 16.8 Å². The molecule has 1 aromatic carbocycles. The number of benzene rings is 1. The Morgan fingerprint density at radius 1 is 1.21 bits per heavy atom. The first-order chi connectivity index (χ1) is 17.4. The zero-order valence-electron chi connectivity index (χ0n) is 23.8. The summed E-state index contributed by atoms with van der Waals surface area (Å²) < 4.78 is 45.3. The number of aliphatic hydroxyl groups is 1. The lowest BCUT2D eigenvalue weighted by Gasteiger charge is -2.45. The van der Waals surface area contributed by atoms with Crippen LogP contribution in [0.15, 0.2) is 27.9 Å². The standard InChI is InChI=1S/C28H42FN3O4SSi/c1-17(18-12-13-18)22-15-23(29)20-10-9-11-21(20)25(22)31-26(33)32(38(7,8)27(2,3)4)37(30,35)24-14-19(16-36-24)28(5,6)34/h14-18,30,34H,9-13H2,1-8H3,(H,31,33). The summed E-state index contributed by atoms with van der Waals surface area (Å²) in [4.78, 5) is 14.2. The molecule has 1 aromatic heterocycles. The molecule has 4 rings (SSSR count). The Morgan fingerprint density at radius 2 is 1.82 bits per heavy atom. The Balaban J connectivity index is 1.83. The predicted molar refractivity (Wildman–Crippen MR) is 151 cm³/mol. The number of urea groups is 1. The van der Waals surface area contributed by atoms with Gasteiger partial charge in [-0.3, -0.25) is 3.97 Å². The van der Waals surface area contributed by atoms with Gasteiger partial charge in [-0.25, -0.2) is 18.2 Å². The molecule has 38 heavy (non-hydrogen) atoms. The van der Waals surface area contributed by atoms with Crippen molar-refractivity contribution >= 4 is 29.9 Å². The molecule has 10 heteroatoms. The first-order valence-electron chi connectivity index (χ1n) is 13.4. The Morgan fingerprint density at radius 3 is 2.34 bits per heavy atom. The van der Waals surface area contributed by atoms with E-state index in [9.17, 15) is 14.1 Å². The number of furan rings is 1. The molecule has 2 aromatic rings. The normalized spacial score (nSPS) is 18.6. The fourth-order valence-corrected chi connectivity index (χ4v) is 10.9. The minimum absolute atomic E-state index is 0.0757. The van der Waals surface area contributed by atoms with E-state index in [0.717, 1.165) is 30.4 Å². The molecule has 2 aliphatic rings. The highest BCUT2D eigenvalue weighted by Gasteiger charge is 2.50. The van der Waals surface area contributed by atoms with Crippen molar-refractivity contribution < 1.29 is 22.9 Å². The topological polar surface area (TPSA) is 107 Å². The number of hydrogen-bond acceptors (Lipinski definition) is 5. The minimum atomic E-state index is -3.93. The summed E-state index contributed by atoms with van der Waals surface area (Å²) >= 11 is 0. The van der Waals surface area contributed by atoms with Crippen LogP contribution < -0.4 is 5.32 Å². The van der Waals surface area contributed by atoms with Crippen molar-refractivity contribution in [1.29, 1.82) is 4.78 Å². The van der Waals surface area contributed by atoms with Gasteiger partial charge in [0.1, 0.15) is 5.82 Å². The number of carbonyl (C=O) groups excluding carboxylic acids is 1. The number of amides is 2. The third-order valence-electron chi connectivity index (χ3n) is 8.77. The zero-order valence-corrected chi connectivity index (χ0v) is 25.6. The molecule has 2 atom stereocenters. The average Bonchev–Trinajstić information content (AvgIpc) is 3.27. The molecule has 0 aliphatic heterocycles. The summed E-state index contributed by atoms with van der Waals surface area (Å²) in [6, 6.07) is 2.33. The van der Waals surface area contributed by atoms with Crippen LogP contribution in [-0.4, -0.2) is 27.6 Å². The minimum Gasteiger partial charge on any atom is -0.452 e. The van der Waals surface area contributed by atoms with Crippen LogP contribution in [0.3, 0.4) is 0 Å². The van der Waals surface area contributed by atoms with Crippen LogP contribution in [0.25, 0.3) is 0 Å². The van der Waals surface area contributed by atoms with Gasteiger partial charge in [-0.05, 0) is 98.7 Å². The SMILES string of the molecule is CC(c1cc(F)c2c(c1NC(=O)N([Si](C)(C)C(C)(C)C)S(=N)(=O)c1cc(C(C)(C)O)co1)CCC2)C1CC1. The number of carbonyl (C=O) groups is 1. The van der Waals surface area contributed by atoms with Gasteiger partial charge in [-0.1, -0.05) is 27.7 Å². The smallest absolute Gasteiger partial charge is 0.326 e. The fourth-order valence-electron chi connectivity index (χ4n) is 5.14. The summed E-state index contributed by atoms with van der Waals surface area (Å²) in [5, 5.41) is 12.9. The molecule has 2 amide bonds. The third kappa shape index (κ3) is 5.07. The van der Waals surface area contributed by atoms with E-state index < -0.39 is 34.8 Å². The Bertz CT molecular complexity index is 1350. The van der Waals surface area contributed by atoms with Crippen molar-refractivity contribution in [2.45, 2.75) is 108 Å². The molecule has 0 bridgehead atoms. The van der Waals surface area contributed by atoms with Crippen LogP contribution in [-0.2, 0) is 28.4 Å². The maximum Gasteiger partial charge on any atom is 0.326 e. The molecule has 210 valence electrons. The van der Waals surface area contributed by atoms with E-state index >= 15 is 4.39 Å². The quantitative estimate of drug-likeness (QED) is 0.303. The highest BCUT2D eigenvalue weighted by atomic mass is 32.2. The van der Waals surface area contributed by atoms with Crippen molar-refractivity contribution in [3.8, 4) is 0 Å². The summed E-state index contributed by atoms with van der Waals surface area (Å²) in [7, 11) is -6.86. The number of fused-ring (bicyclic) bond motifs is 1. The lowest BCUT2D eigenvalue weighted by atomic mass is 9.90. The van der Waals surface area contributed by atoms with E-state index in [1.807, 2.05) is 33.9 Å². The van der Waals surface area contributed by atoms with Gasteiger partial charge < -0.3 is 14.8 Å². The summed E-state index contributed by atoms with van der Waals surface area (Å²) in [6.45, 7) is 15.0. The highest BCUT2D eigenvalue weighted by Crippen LogP contribution is 2.48. The summed E-state index contributed by atoms with van der Waals surface area (Å²) in [5.41, 5.74) is 1.95. The Labute approximate surface area is 227 Å². The van der Waals surface area contributed by atoms with Gasteiger partial charge in [0.25, 0.3) is 0 Å². The first kappa shape index (κ1) is 28.8. The van der Waals surface area contributed by atoms with Crippen LogP contribution in [0.1, 0.15) is 89.0 Å². The van der Waals surface area contributed by atoms with Gasteiger partial charge >= 0.3 is 6.03 Å². The molecule has 7 nitrogen and oxygen atoms in total. The van der Waals surface area contributed by atoms with E-state index in [1.54, 1.807) is 19.9 Å². The second-order valence-electron chi connectivity index (χ2n) is 13.0. The maximum absolute atomic E-state index is 15.1. The first-order valence-corrected chi connectivity index (χ1v) is 17.9. The van der Waals surface area contributed by atoms with Gasteiger partial charge in [0.15, 0.2) is 18.2 Å². The number of nitrogens with zero attached hydrogens (tertiary/aromatic N) is 1. The van der Waals surface area contributed by atoms with Crippen LogP contribution in [0.2, 0.25) is 18.1 Å². The van der Waals surface area contributed by atoms with Crippen molar-refractivity contribution in [3.05, 3.63) is 46.5 Å². The predicted octanol–water partition coefficient (Wildman–Crippen LogP) is 7.51. The second kappa shape index (κ2) is 9.48. The van der Waals surface area contributed by atoms with E-state index in [2.05, 4.69) is 12.2 Å². The maximum atomic E-state index is 15.1. The molecule has 1 fully saturated rings. The van der Waals surface area contributed by atoms with Crippen LogP contribution in [0.5, 0.6) is 0 Å². The second-order valence-corrected chi connectivity index (χ2v) is 20.2. The lowest BCUT2D eigenvalue weighted by Crippen LogP contribution is -2.60. The van der Waals surface area contributed by atoms with Crippen LogP contribution in [0.4, 0.5) is 14.9 Å². The molecular weight excluding hydrogens is 521 g/mol. The summed E-state index contributed by atoms with van der Waals surface area (Å²) in [5.74, 6) is 0.301. The van der Waals surface area contributed by atoms with Crippen LogP contribution in [0, 0.1) is 16.5 Å². The molecule has 0 saturated heterocycles. The fraction of sp³-hybridized carbons (Fsp3) is 0.607. The molecule has 0 radical (unpaired) electrons. The number of anilines is 1. The summed E-state index contributed by atoms with van der Waals surface area (Å²) in [6.07, 6.45) is 5.53. The number of halogens is 1.